The number of esters is 1. The molecule has 1 atom stereocenters. The second-order valence-corrected chi connectivity index (χ2v) is 8.45. The minimum absolute atomic E-state index is 0.0202. The van der Waals surface area contributed by atoms with Crippen molar-refractivity contribution in [3.05, 3.63) is 17.5 Å². The quantitative estimate of drug-likeness (QED) is 0.754. The summed E-state index contributed by atoms with van der Waals surface area (Å²) in [5.74, 6) is -0.142. The van der Waals surface area contributed by atoms with Crippen LogP contribution in [0.3, 0.4) is 0 Å². The first-order valence-electron chi connectivity index (χ1n) is 9.95. The van der Waals surface area contributed by atoms with Gasteiger partial charge in [-0.05, 0) is 32.3 Å². The van der Waals surface area contributed by atoms with Crippen molar-refractivity contribution >= 4 is 11.9 Å². The van der Waals surface area contributed by atoms with Gasteiger partial charge in [0.1, 0.15) is 0 Å². The molecule has 2 aliphatic rings. The Balaban J connectivity index is 1.72. The van der Waals surface area contributed by atoms with E-state index in [2.05, 4.69) is 25.9 Å². The first-order valence-corrected chi connectivity index (χ1v) is 9.95. The molecule has 150 valence electrons. The van der Waals surface area contributed by atoms with Gasteiger partial charge in [0, 0.05) is 30.8 Å². The summed E-state index contributed by atoms with van der Waals surface area (Å²) in [5.41, 5.74) is 1.26. The number of hydrogen-bond donors (Lipinski definition) is 0. The summed E-state index contributed by atoms with van der Waals surface area (Å²) >= 11 is 0. The topological polar surface area (TPSA) is 73.7 Å². The highest BCUT2D eigenvalue weighted by Crippen LogP contribution is 2.31. The molecule has 2 aliphatic heterocycles. The summed E-state index contributed by atoms with van der Waals surface area (Å²) < 4.78 is 12.5. The molecule has 0 aliphatic carbocycles. The Hall–Kier alpha value is -1.89. The molecule has 1 amide bonds. The van der Waals surface area contributed by atoms with Crippen LogP contribution < -0.4 is 0 Å². The monoisotopic (exact) mass is 377 g/mol. The third-order valence-corrected chi connectivity index (χ3v) is 5.39. The average Bonchev–Trinajstić information content (AvgIpc) is 3.31. The second kappa shape index (κ2) is 8.00. The summed E-state index contributed by atoms with van der Waals surface area (Å²) in [4.78, 5) is 26.7. The number of likely N-dealkylation sites (tertiary alicyclic amines) is 1. The highest BCUT2D eigenvalue weighted by atomic mass is 16.5. The molecule has 1 unspecified atom stereocenters. The predicted octanol–water partition coefficient (Wildman–Crippen LogP) is 2.56. The van der Waals surface area contributed by atoms with Crippen LogP contribution >= 0.6 is 0 Å². The Morgan fingerprint density at radius 1 is 1.26 bits per heavy atom. The van der Waals surface area contributed by atoms with Crippen molar-refractivity contribution in [1.82, 2.24) is 14.7 Å². The zero-order valence-electron chi connectivity index (χ0n) is 16.9. The van der Waals surface area contributed by atoms with Crippen LogP contribution in [0.1, 0.15) is 69.2 Å². The fraction of sp³-hybridized carbons (Fsp3) is 0.750. The molecule has 0 N–H and O–H groups in total. The fourth-order valence-corrected chi connectivity index (χ4v) is 3.86. The molecule has 1 aromatic rings. The Kier molecular flexibility index (Phi) is 5.89. The van der Waals surface area contributed by atoms with Gasteiger partial charge in [-0.3, -0.25) is 9.48 Å². The SMILES string of the molecule is CCOC(=O)c1cc(C(C)(C)C)n(C2CCN(C(=O)C3CCOC3)CC2)n1. The highest BCUT2D eigenvalue weighted by molar-refractivity contribution is 5.87. The van der Waals surface area contributed by atoms with E-state index in [9.17, 15) is 9.59 Å². The number of hydrogen-bond acceptors (Lipinski definition) is 5. The Morgan fingerprint density at radius 3 is 2.52 bits per heavy atom. The smallest absolute Gasteiger partial charge is 0.358 e. The number of carbonyl (C=O) groups excluding carboxylic acids is 2. The number of rotatable bonds is 4. The van der Waals surface area contributed by atoms with E-state index in [4.69, 9.17) is 9.47 Å². The van der Waals surface area contributed by atoms with Crippen LogP contribution in [0.5, 0.6) is 0 Å². The highest BCUT2D eigenvalue weighted by Gasteiger charge is 2.33. The van der Waals surface area contributed by atoms with Crippen LogP contribution in [0.2, 0.25) is 0 Å². The van der Waals surface area contributed by atoms with Crippen molar-refractivity contribution in [2.24, 2.45) is 5.92 Å². The summed E-state index contributed by atoms with van der Waals surface area (Å²) in [6.07, 6.45) is 2.51. The molecule has 2 saturated heterocycles. The van der Waals surface area contributed by atoms with Crippen LogP contribution in [0.4, 0.5) is 0 Å². The van der Waals surface area contributed by atoms with Crippen LogP contribution in [-0.2, 0) is 19.7 Å². The van der Waals surface area contributed by atoms with Crippen LogP contribution in [0.15, 0.2) is 6.07 Å². The summed E-state index contributed by atoms with van der Waals surface area (Å²) in [6, 6.07) is 2.04. The predicted molar refractivity (Wildman–Crippen MR) is 101 cm³/mol. The molecule has 0 saturated carbocycles. The molecule has 27 heavy (non-hydrogen) atoms. The first-order chi connectivity index (χ1) is 12.8. The number of amides is 1. The lowest BCUT2D eigenvalue weighted by molar-refractivity contribution is -0.136. The second-order valence-electron chi connectivity index (χ2n) is 8.45. The van der Waals surface area contributed by atoms with E-state index >= 15 is 0 Å². The van der Waals surface area contributed by atoms with E-state index in [-0.39, 0.29) is 29.3 Å². The van der Waals surface area contributed by atoms with Crippen molar-refractivity contribution in [2.45, 2.75) is 58.4 Å². The van der Waals surface area contributed by atoms with Gasteiger partial charge in [0.2, 0.25) is 5.91 Å². The minimum atomic E-state index is -0.379. The third-order valence-electron chi connectivity index (χ3n) is 5.39. The lowest BCUT2D eigenvalue weighted by Crippen LogP contribution is -2.43. The number of piperidine rings is 1. The molecular formula is C20H31N3O4. The first kappa shape index (κ1) is 19.9. The molecule has 0 aromatic carbocycles. The van der Waals surface area contributed by atoms with Gasteiger partial charge in [0.25, 0.3) is 0 Å². The van der Waals surface area contributed by atoms with Gasteiger partial charge in [-0.2, -0.15) is 5.10 Å². The number of nitrogens with zero attached hydrogens (tertiary/aromatic N) is 3. The van der Waals surface area contributed by atoms with Gasteiger partial charge in [-0.15, -0.1) is 0 Å². The van der Waals surface area contributed by atoms with Crippen LogP contribution in [0.25, 0.3) is 0 Å². The molecule has 7 heteroatoms. The maximum absolute atomic E-state index is 12.6. The van der Waals surface area contributed by atoms with Crippen LogP contribution in [-0.4, -0.2) is 59.5 Å². The molecule has 1 aromatic heterocycles. The average molecular weight is 377 g/mol. The van der Waals surface area contributed by atoms with E-state index in [1.807, 2.05) is 15.6 Å². The van der Waals surface area contributed by atoms with Crippen molar-refractivity contribution in [3.8, 4) is 0 Å². The molecule has 3 rings (SSSR count). The fourth-order valence-electron chi connectivity index (χ4n) is 3.86. The van der Waals surface area contributed by atoms with Gasteiger partial charge < -0.3 is 14.4 Å². The molecular weight excluding hydrogens is 346 g/mol. The van der Waals surface area contributed by atoms with Gasteiger partial charge in [0.15, 0.2) is 5.69 Å². The molecule has 0 bridgehead atoms. The normalized spacial score (nSPS) is 21.5. The van der Waals surface area contributed by atoms with E-state index in [1.54, 1.807) is 6.92 Å². The summed E-state index contributed by atoms with van der Waals surface area (Å²) in [5, 5.41) is 4.58. The molecule has 2 fully saturated rings. The van der Waals surface area contributed by atoms with E-state index in [1.165, 1.54) is 0 Å². The van der Waals surface area contributed by atoms with Gasteiger partial charge >= 0.3 is 5.97 Å². The van der Waals surface area contributed by atoms with Crippen molar-refractivity contribution in [3.63, 3.8) is 0 Å². The number of ether oxygens (including phenoxy) is 2. The Morgan fingerprint density at radius 2 is 1.96 bits per heavy atom. The molecule has 3 heterocycles. The van der Waals surface area contributed by atoms with Crippen LogP contribution in [0, 0.1) is 5.92 Å². The maximum Gasteiger partial charge on any atom is 0.358 e. The third kappa shape index (κ3) is 4.34. The van der Waals surface area contributed by atoms with Crippen molar-refractivity contribution in [2.75, 3.05) is 32.9 Å². The summed E-state index contributed by atoms with van der Waals surface area (Å²) in [7, 11) is 0. The van der Waals surface area contributed by atoms with Gasteiger partial charge in [0.05, 0.1) is 25.2 Å². The van der Waals surface area contributed by atoms with E-state index in [0.717, 1.165) is 38.0 Å². The zero-order chi connectivity index (χ0) is 19.6. The molecule has 0 radical (unpaired) electrons. The van der Waals surface area contributed by atoms with Gasteiger partial charge in [-0.1, -0.05) is 20.8 Å². The lowest BCUT2D eigenvalue weighted by Gasteiger charge is -2.35. The number of carbonyl (C=O) groups is 2. The van der Waals surface area contributed by atoms with Gasteiger partial charge in [-0.25, -0.2) is 4.79 Å². The standard InChI is InChI=1S/C20H31N3O4/c1-5-27-19(25)16-12-17(20(2,3)4)23(21-16)15-6-9-22(10-7-15)18(24)14-8-11-26-13-14/h12,14-15H,5-11,13H2,1-4H3. The minimum Gasteiger partial charge on any atom is -0.461 e. The molecule has 0 spiro atoms. The van der Waals surface area contributed by atoms with E-state index in [0.29, 0.717) is 25.5 Å². The maximum atomic E-state index is 12.6. The Labute approximate surface area is 161 Å². The van der Waals surface area contributed by atoms with Crippen molar-refractivity contribution < 1.29 is 19.1 Å². The number of aromatic nitrogens is 2. The molecule has 7 nitrogen and oxygen atoms in total. The van der Waals surface area contributed by atoms with E-state index < -0.39 is 0 Å². The largest absolute Gasteiger partial charge is 0.461 e. The van der Waals surface area contributed by atoms with Crippen molar-refractivity contribution in [1.29, 1.82) is 0 Å². The zero-order valence-corrected chi connectivity index (χ0v) is 16.9. The summed E-state index contributed by atoms with van der Waals surface area (Å²) in [6.45, 7) is 11.2. The Bertz CT molecular complexity index is 678. The lowest BCUT2D eigenvalue weighted by atomic mass is 9.91.